The van der Waals surface area contributed by atoms with Gasteiger partial charge in [0, 0.05) is 6.42 Å². The van der Waals surface area contributed by atoms with Crippen molar-refractivity contribution < 1.29 is 13.2 Å². The Labute approximate surface area is 98.8 Å². The Hall–Kier alpha value is -1.11. The Bertz CT molecular complexity index is 487. The van der Waals surface area contributed by atoms with Crippen molar-refractivity contribution in [1.29, 1.82) is 0 Å². The van der Waals surface area contributed by atoms with Crippen molar-refractivity contribution in [2.75, 3.05) is 0 Å². The third-order valence-electron chi connectivity index (χ3n) is 1.77. The number of sulfonamides is 1. The van der Waals surface area contributed by atoms with Crippen molar-refractivity contribution in [3.63, 3.8) is 0 Å². The minimum atomic E-state index is -3.81. The van der Waals surface area contributed by atoms with Crippen molar-refractivity contribution in [3.8, 4) is 0 Å². The molecule has 0 spiro atoms. The third kappa shape index (κ3) is 3.19. The lowest BCUT2D eigenvalue weighted by atomic mass is 10.4. The molecule has 0 aliphatic carbocycles. The molecule has 0 bridgehead atoms. The molecule has 0 heterocycles. The van der Waals surface area contributed by atoms with Gasteiger partial charge in [0.05, 0.1) is 5.02 Å². The molecule has 0 aromatic heterocycles. The Morgan fingerprint density at radius 2 is 2.00 bits per heavy atom. The molecule has 16 heavy (non-hydrogen) atoms. The first kappa shape index (κ1) is 13.0. The lowest BCUT2D eigenvalue weighted by molar-refractivity contribution is -0.121. The molecule has 2 N–H and O–H groups in total. The molecular formula is C9H11ClN2O3S. The van der Waals surface area contributed by atoms with Crippen molar-refractivity contribution in [2.24, 2.45) is 0 Å². The lowest BCUT2D eigenvalue weighted by Gasteiger charge is -2.08. The Kier molecular flexibility index (Phi) is 4.28. The predicted octanol–water partition coefficient (Wildman–Crippen LogP) is 1.06. The highest BCUT2D eigenvalue weighted by atomic mass is 35.5. The number of hydrogen-bond donors (Lipinski definition) is 2. The zero-order valence-corrected chi connectivity index (χ0v) is 10.1. The maximum absolute atomic E-state index is 11.7. The van der Waals surface area contributed by atoms with Gasteiger partial charge in [0.1, 0.15) is 4.90 Å². The molecule has 0 aliphatic heterocycles. The SMILES string of the molecule is CCC(=O)NNS(=O)(=O)c1ccccc1Cl. The quantitative estimate of drug-likeness (QED) is 0.797. The number of hydrazine groups is 1. The van der Waals surface area contributed by atoms with Gasteiger partial charge in [-0.3, -0.25) is 10.2 Å². The van der Waals surface area contributed by atoms with Crippen LogP contribution < -0.4 is 10.3 Å². The van der Waals surface area contributed by atoms with Gasteiger partial charge >= 0.3 is 0 Å². The Morgan fingerprint density at radius 3 is 2.56 bits per heavy atom. The molecule has 88 valence electrons. The van der Waals surface area contributed by atoms with Gasteiger partial charge in [-0.1, -0.05) is 30.7 Å². The fraction of sp³-hybridized carbons (Fsp3) is 0.222. The van der Waals surface area contributed by atoms with E-state index in [0.29, 0.717) is 0 Å². The first-order valence-corrected chi connectivity index (χ1v) is 6.38. The molecule has 0 unspecified atom stereocenters. The monoisotopic (exact) mass is 262 g/mol. The van der Waals surface area contributed by atoms with Crippen LogP contribution in [0.1, 0.15) is 13.3 Å². The van der Waals surface area contributed by atoms with Gasteiger partial charge in [-0.25, -0.2) is 8.42 Å². The summed E-state index contributed by atoms with van der Waals surface area (Å²) in [7, 11) is -3.81. The van der Waals surface area contributed by atoms with Gasteiger partial charge in [0.25, 0.3) is 10.0 Å². The summed E-state index contributed by atoms with van der Waals surface area (Å²) in [6.45, 7) is 1.61. The van der Waals surface area contributed by atoms with Gasteiger partial charge in [-0.05, 0) is 12.1 Å². The maximum atomic E-state index is 11.7. The van der Waals surface area contributed by atoms with Gasteiger partial charge in [-0.2, -0.15) is 0 Å². The van der Waals surface area contributed by atoms with Crippen LogP contribution in [0.15, 0.2) is 29.2 Å². The predicted molar refractivity (Wildman–Crippen MR) is 60.2 cm³/mol. The van der Waals surface area contributed by atoms with Crippen LogP contribution in [0, 0.1) is 0 Å². The summed E-state index contributed by atoms with van der Waals surface area (Å²) in [5.74, 6) is -0.421. The molecule has 0 radical (unpaired) electrons. The van der Waals surface area contributed by atoms with Gasteiger partial charge in [0.15, 0.2) is 0 Å². The highest BCUT2D eigenvalue weighted by Gasteiger charge is 2.17. The maximum Gasteiger partial charge on any atom is 0.258 e. The summed E-state index contributed by atoms with van der Waals surface area (Å²) in [6, 6.07) is 5.97. The van der Waals surface area contributed by atoms with E-state index in [-0.39, 0.29) is 16.3 Å². The molecule has 0 fully saturated rings. The smallest absolute Gasteiger partial charge is 0.258 e. The number of carbonyl (C=O) groups is 1. The standard InChI is InChI=1S/C9H11ClN2O3S/c1-2-9(13)11-12-16(14,15)8-6-4-3-5-7(8)10/h3-6,12H,2H2,1H3,(H,11,13). The third-order valence-corrected chi connectivity index (χ3v) is 3.52. The molecule has 0 atom stereocenters. The average Bonchev–Trinajstić information content (AvgIpc) is 2.26. The number of rotatable bonds is 4. The van der Waals surface area contributed by atoms with Crippen LogP contribution in [0.5, 0.6) is 0 Å². The van der Waals surface area contributed by atoms with Crippen molar-refractivity contribution in [3.05, 3.63) is 29.3 Å². The van der Waals surface area contributed by atoms with E-state index in [2.05, 4.69) is 5.43 Å². The average molecular weight is 263 g/mol. The van der Waals surface area contributed by atoms with E-state index in [1.807, 2.05) is 4.83 Å². The molecule has 0 aliphatic rings. The van der Waals surface area contributed by atoms with Crippen LogP contribution in [0.3, 0.4) is 0 Å². The molecule has 5 nitrogen and oxygen atoms in total. The largest absolute Gasteiger partial charge is 0.278 e. The van der Waals surface area contributed by atoms with E-state index in [4.69, 9.17) is 11.6 Å². The summed E-state index contributed by atoms with van der Waals surface area (Å²) in [4.78, 5) is 12.8. The van der Waals surface area contributed by atoms with Crippen molar-refractivity contribution in [1.82, 2.24) is 10.3 Å². The summed E-state index contributed by atoms with van der Waals surface area (Å²) in [6.07, 6.45) is 0.186. The minimum absolute atomic E-state index is 0.0759. The lowest BCUT2D eigenvalue weighted by Crippen LogP contribution is -2.41. The fourth-order valence-corrected chi connectivity index (χ4v) is 2.31. The first-order chi connectivity index (χ1) is 7.47. The van der Waals surface area contributed by atoms with Gasteiger partial charge in [-0.15, -0.1) is 4.83 Å². The molecule has 1 amide bonds. The van der Waals surface area contributed by atoms with E-state index in [1.165, 1.54) is 12.1 Å². The number of nitrogens with one attached hydrogen (secondary N) is 2. The van der Waals surface area contributed by atoms with E-state index >= 15 is 0 Å². The molecule has 0 saturated carbocycles. The van der Waals surface area contributed by atoms with Gasteiger partial charge in [0.2, 0.25) is 5.91 Å². The zero-order chi connectivity index (χ0) is 12.2. The number of carbonyl (C=O) groups excluding carboxylic acids is 1. The first-order valence-electron chi connectivity index (χ1n) is 4.52. The molecule has 1 aromatic rings. The summed E-state index contributed by atoms with van der Waals surface area (Å²) in [5.41, 5.74) is 2.06. The summed E-state index contributed by atoms with van der Waals surface area (Å²) >= 11 is 5.73. The molecule has 1 rings (SSSR count). The van der Waals surface area contributed by atoms with E-state index in [1.54, 1.807) is 19.1 Å². The van der Waals surface area contributed by atoms with E-state index < -0.39 is 15.9 Å². The Morgan fingerprint density at radius 1 is 1.38 bits per heavy atom. The van der Waals surface area contributed by atoms with Crippen LogP contribution in [-0.2, 0) is 14.8 Å². The number of halogens is 1. The van der Waals surface area contributed by atoms with E-state index in [9.17, 15) is 13.2 Å². The summed E-state index contributed by atoms with van der Waals surface area (Å²) < 4.78 is 23.3. The summed E-state index contributed by atoms with van der Waals surface area (Å²) in [5, 5.41) is 0.0979. The molecule has 1 aromatic carbocycles. The fourth-order valence-electron chi connectivity index (χ4n) is 0.930. The number of amides is 1. The number of benzene rings is 1. The molecule has 7 heteroatoms. The molecular weight excluding hydrogens is 252 g/mol. The second kappa shape index (κ2) is 5.29. The van der Waals surface area contributed by atoms with Crippen LogP contribution >= 0.6 is 11.6 Å². The highest BCUT2D eigenvalue weighted by molar-refractivity contribution is 7.89. The second-order valence-corrected chi connectivity index (χ2v) is 5.00. The van der Waals surface area contributed by atoms with Crippen LogP contribution in [0.25, 0.3) is 0 Å². The van der Waals surface area contributed by atoms with Crippen LogP contribution in [0.2, 0.25) is 5.02 Å². The molecule has 0 saturated heterocycles. The Balaban J connectivity index is 2.87. The number of hydrogen-bond acceptors (Lipinski definition) is 3. The zero-order valence-electron chi connectivity index (χ0n) is 8.53. The van der Waals surface area contributed by atoms with Crippen molar-refractivity contribution in [2.45, 2.75) is 18.2 Å². The van der Waals surface area contributed by atoms with Crippen LogP contribution in [0.4, 0.5) is 0 Å². The normalized spacial score (nSPS) is 11.1. The van der Waals surface area contributed by atoms with Gasteiger partial charge < -0.3 is 0 Å². The highest BCUT2D eigenvalue weighted by Crippen LogP contribution is 2.19. The topological polar surface area (TPSA) is 75.3 Å². The second-order valence-electron chi connectivity index (χ2n) is 2.94. The van der Waals surface area contributed by atoms with Crippen molar-refractivity contribution >= 4 is 27.5 Å². The van der Waals surface area contributed by atoms with Crippen LogP contribution in [-0.4, -0.2) is 14.3 Å². The van der Waals surface area contributed by atoms with E-state index in [0.717, 1.165) is 0 Å². The minimum Gasteiger partial charge on any atom is -0.278 e.